The first-order valence-electron chi connectivity index (χ1n) is 6.00. The molecule has 4 heteroatoms. The second-order valence-corrected chi connectivity index (χ2v) is 6.53. The number of aliphatic hydroxyl groups is 1. The van der Waals surface area contributed by atoms with Crippen LogP contribution in [0.5, 0.6) is 0 Å². The molecule has 0 bridgehead atoms. The molecule has 3 nitrogen and oxygen atoms in total. The van der Waals surface area contributed by atoms with Crippen LogP contribution in [-0.2, 0) is 0 Å². The molecule has 0 spiro atoms. The first-order valence-corrected chi connectivity index (χ1v) is 7.08. The van der Waals surface area contributed by atoms with Gasteiger partial charge < -0.3 is 9.67 Å². The minimum atomic E-state index is -0.0451. The number of fused-ring (bicyclic) bond motifs is 1. The Balaban J connectivity index is 1.86. The van der Waals surface area contributed by atoms with Gasteiger partial charge in [-0.25, -0.2) is 4.98 Å². The fourth-order valence-electron chi connectivity index (χ4n) is 3.23. The molecule has 2 aliphatic carbocycles. The highest BCUT2D eigenvalue weighted by molar-refractivity contribution is 14.1. The Hall–Kier alpha value is -0.100. The van der Waals surface area contributed by atoms with E-state index in [1.807, 2.05) is 0 Å². The first-order chi connectivity index (χ1) is 7.58. The molecule has 4 atom stereocenters. The van der Waals surface area contributed by atoms with Gasteiger partial charge in [-0.2, -0.15) is 0 Å². The van der Waals surface area contributed by atoms with E-state index >= 15 is 0 Å². The second kappa shape index (κ2) is 3.70. The average molecular weight is 332 g/mol. The van der Waals surface area contributed by atoms with Gasteiger partial charge in [-0.05, 0) is 47.3 Å². The van der Waals surface area contributed by atoms with E-state index in [-0.39, 0.29) is 6.10 Å². The highest BCUT2D eigenvalue weighted by atomic mass is 127. The van der Waals surface area contributed by atoms with E-state index in [1.165, 1.54) is 5.82 Å². The van der Waals surface area contributed by atoms with E-state index in [4.69, 9.17) is 0 Å². The molecule has 16 heavy (non-hydrogen) atoms. The van der Waals surface area contributed by atoms with Crippen molar-refractivity contribution in [3.8, 4) is 0 Å². The van der Waals surface area contributed by atoms with Crippen LogP contribution in [0, 0.1) is 15.5 Å². The maximum Gasteiger partial charge on any atom is 0.119 e. The zero-order valence-electron chi connectivity index (χ0n) is 9.60. The predicted octanol–water partition coefficient (Wildman–Crippen LogP) is 2.55. The summed E-state index contributed by atoms with van der Waals surface area (Å²) < 4.78 is 3.46. The van der Waals surface area contributed by atoms with Gasteiger partial charge in [0.1, 0.15) is 9.53 Å². The van der Waals surface area contributed by atoms with E-state index < -0.39 is 0 Å². The lowest BCUT2D eigenvalue weighted by Crippen LogP contribution is -2.11. The number of halogens is 1. The van der Waals surface area contributed by atoms with E-state index in [2.05, 4.69) is 52.2 Å². The summed E-state index contributed by atoms with van der Waals surface area (Å²) in [4.78, 5) is 4.60. The summed E-state index contributed by atoms with van der Waals surface area (Å²) in [6, 6.07) is 0.622. The molecule has 1 N–H and O–H groups in total. The Morgan fingerprint density at radius 3 is 2.62 bits per heavy atom. The van der Waals surface area contributed by atoms with Gasteiger partial charge in [-0.15, -0.1) is 0 Å². The largest absolute Gasteiger partial charge is 0.393 e. The van der Waals surface area contributed by atoms with Gasteiger partial charge in [0.25, 0.3) is 0 Å². The molecule has 3 rings (SSSR count). The molecule has 2 fully saturated rings. The van der Waals surface area contributed by atoms with Crippen LogP contribution in [-0.4, -0.2) is 20.8 Å². The maximum absolute atomic E-state index is 9.55. The van der Waals surface area contributed by atoms with Gasteiger partial charge in [0.05, 0.1) is 6.10 Å². The van der Waals surface area contributed by atoms with Gasteiger partial charge >= 0.3 is 0 Å². The maximum atomic E-state index is 9.55. The van der Waals surface area contributed by atoms with Crippen molar-refractivity contribution in [2.75, 3.05) is 0 Å². The van der Waals surface area contributed by atoms with Crippen LogP contribution >= 0.6 is 22.6 Å². The fourth-order valence-corrected chi connectivity index (χ4v) is 3.78. The van der Waals surface area contributed by atoms with Crippen molar-refractivity contribution in [1.29, 1.82) is 0 Å². The van der Waals surface area contributed by atoms with Crippen molar-refractivity contribution in [3.05, 3.63) is 15.7 Å². The van der Waals surface area contributed by atoms with Crippen LogP contribution in [0.2, 0.25) is 0 Å². The third-order valence-electron chi connectivity index (χ3n) is 3.94. The molecule has 0 aromatic carbocycles. The van der Waals surface area contributed by atoms with Gasteiger partial charge in [0, 0.05) is 18.2 Å². The van der Waals surface area contributed by atoms with Crippen molar-refractivity contribution >= 4 is 22.6 Å². The zero-order valence-corrected chi connectivity index (χ0v) is 11.8. The molecule has 88 valence electrons. The van der Waals surface area contributed by atoms with Crippen molar-refractivity contribution in [2.45, 2.75) is 44.8 Å². The molecule has 1 aromatic heterocycles. The smallest absolute Gasteiger partial charge is 0.119 e. The van der Waals surface area contributed by atoms with E-state index in [0.29, 0.717) is 23.8 Å². The molecule has 1 unspecified atom stereocenters. The van der Waals surface area contributed by atoms with Crippen LogP contribution in [0.25, 0.3) is 0 Å². The highest BCUT2D eigenvalue weighted by Crippen LogP contribution is 2.61. The van der Waals surface area contributed by atoms with Crippen molar-refractivity contribution in [1.82, 2.24) is 9.55 Å². The fraction of sp³-hybridized carbons (Fsp3) is 0.750. The van der Waals surface area contributed by atoms with Crippen molar-refractivity contribution in [2.24, 2.45) is 11.8 Å². The standard InChI is InChI=1S/C12H17IN2O/c1-6(2)12-14-10(13)5-15(12)11-8-3-7(16)4-9(8)11/h5-9,11,16H,3-4H2,1-2H3/t7?,8-,9+,11+. The third-order valence-corrected chi connectivity index (χ3v) is 4.46. The number of aromatic nitrogens is 2. The lowest BCUT2D eigenvalue weighted by molar-refractivity contribution is 0.161. The molecule has 1 aromatic rings. The topological polar surface area (TPSA) is 38.0 Å². The molecular weight excluding hydrogens is 315 g/mol. The van der Waals surface area contributed by atoms with Gasteiger partial charge in [0.2, 0.25) is 0 Å². The van der Waals surface area contributed by atoms with Gasteiger partial charge in [0.15, 0.2) is 0 Å². The lowest BCUT2D eigenvalue weighted by Gasteiger charge is -2.13. The third kappa shape index (κ3) is 1.61. The van der Waals surface area contributed by atoms with Gasteiger partial charge in [-0.1, -0.05) is 13.8 Å². The van der Waals surface area contributed by atoms with E-state index in [9.17, 15) is 5.11 Å². The molecule has 2 saturated carbocycles. The van der Waals surface area contributed by atoms with Crippen LogP contribution in [0.1, 0.15) is 44.5 Å². The first kappa shape index (κ1) is 11.0. The summed E-state index contributed by atoms with van der Waals surface area (Å²) in [5.41, 5.74) is 0. The van der Waals surface area contributed by atoms with Gasteiger partial charge in [-0.3, -0.25) is 0 Å². The summed E-state index contributed by atoms with van der Waals surface area (Å²) in [5, 5.41) is 9.55. The Bertz CT molecular complexity index is 403. The Labute approximate surface area is 109 Å². The second-order valence-electron chi connectivity index (χ2n) is 5.43. The summed E-state index contributed by atoms with van der Waals surface area (Å²) in [6.07, 6.45) is 4.10. The summed E-state index contributed by atoms with van der Waals surface area (Å²) >= 11 is 2.29. The number of hydrogen-bond acceptors (Lipinski definition) is 2. The monoisotopic (exact) mass is 332 g/mol. The molecular formula is C12H17IN2O. The molecule has 0 radical (unpaired) electrons. The van der Waals surface area contributed by atoms with Crippen LogP contribution in [0.3, 0.4) is 0 Å². The zero-order chi connectivity index (χ0) is 11.4. The molecule has 0 aliphatic heterocycles. The lowest BCUT2D eigenvalue weighted by atomic mass is 10.1. The normalized spacial score (nSPS) is 36.8. The predicted molar refractivity (Wildman–Crippen MR) is 70.3 cm³/mol. The summed E-state index contributed by atoms with van der Waals surface area (Å²) in [5.74, 6) is 3.10. The van der Waals surface area contributed by atoms with Crippen molar-refractivity contribution in [3.63, 3.8) is 0 Å². The molecule has 2 aliphatic rings. The average Bonchev–Trinajstić information content (AvgIpc) is 2.60. The molecule has 1 heterocycles. The number of hydrogen-bond donors (Lipinski definition) is 1. The van der Waals surface area contributed by atoms with Crippen molar-refractivity contribution < 1.29 is 5.11 Å². The summed E-state index contributed by atoms with van der Waals surface area (Å²) in [6.45, 7) is 4.39. The number of imidazole rings is 1. The minimum absolute atomic E-state index is 0.0451. The quantitative estimate of drug-likeness (QED) is 0.846. The van der Waals surface area contributed by atoms with Crippen LogP contribution < -0.4 is 0 Å². The number of nitrogens with zero attached hydrogens (tertiary/aromatic N) is 2. The Kier molecular flexibility index (Phi) is 2.55. The molecule has 0 saturated heterocycles. The Morgan fingerprint density at radius 2 is 2.06 bits per heavy atom. The SMILES string of the molecule is CC(C)c1nc(I)cn1[C@H]1[C@@H]2CC(O)C[C@@H]21. The molecule has 0 amide bonds. The Morgan fingerprint density at radius 1 is 1.44 bits per heavy atom. The van der Waals surface area contributed by atoms with Crippen LogP contribution in [0.15, 0.2) is 6.20 Å². The van der Waals surface area contributed by atoms with E-state index in [1.54, 1.807) is 0 Å². The number of rotatable bonds is 2. The summed E-state index contributed by atoms with van der Waals surface area (Å²) in [7, 11) is 0. The highest BCUT2D eigenvalue weighted by Gasteiger charge is 2.57. The minimum Gasteiger partial charge on any atom is -0.393 e. The number of aliphatic hydroxyl groups excluding tert-OH is 1. The van der Waals surface area contributed by atoms with Crippen LogP contribution in [0.4, 0.5) is 0 Å². The van der Waals surface area contributed by atoms with E-state index in [0.717, 1.165) is 16.5 Å².